The Labute approximate surface area is 131 Å². The van der Waals surface area contributed by atoms with Crippen LogP contribution >= 0.6 is 0 Å². The number of ether oxygens (including phenoxy) is 3. The largest absolute Gasteiger partial charge is 0.493 e. The van der Waals surface area contributed by atoms with Crippen molar-refractivity contribution in [3.8, 4) is 17.2 Å². The Hall–Kier alpha value is -1.95. The predicted octanol–water partition coefficient (Wildman–Crippen LogP) is 2.30. The quantitative estimate of drug-likeness (QED) is 0.729. The van der Waals surface area contributed by atoms with Crippen LogP contribution in [-0.4, -0.2) is 38.4 Å². The van der Waals surface area contributed by atoms with E-state index in [1.54, 1.807) is 21.3 Å². The second-order valence-corrected chi connectivity index (χ2v) is 5.43. The van der Waals surface area contributed by atoms with Crippen LogP contribution in [0.4, 0.5) is 0 Å². The van der Waals surface area contributed by atoms with Gasteiger partial charge in [0.25, 0.3) is 0 Å². The van der Waals surface area contributed by atoms with Crippen LogP contribution in [0.1, 0.15) is 25.8 Å². The SMILES string of the molecule is COc1cc(CNC(CC(C)C)C(=O)O)cc(OC)c1OC. The van der Waals surface area contributed by atoms with Crippen LogP contribution in [0.15, 0.2) is 12.1 Å². The van der Waals surface area contributed by atoms with Gasteiger partial charge < -0.3 is 24.6 Å². The molecule has 1 unspecified atom stereocenters. The molecule has 1 aromatic carbocycles. The fourth-order valence-electron chi connectivity index (χ4n) is 2.22. The van der Waals surface area contributed by atoms with Gasteiger partial charge in [-0.2, -0.15) is 0 Å². The lowest BCUT2D eigenvalue weighted by Crippen LogP contribution is -2.37. The number of carboxylic acid groups (broad SMARTS) is 1. The predicted molar refractivity (Wildman–Crippen MR) is 83.8 cm³/mol. The van der Waals surface area contributed by atoms with Crippen molar-refractivity contribution in [2.45, 2.75) is 32.9 Å². The molecule has 0 fully saturated rings. The van der Waals surface area contributed by atoms with Crippen molar-refractivity contribution in [3.63, 3.8) is 0 Å². The number of benzene rings is 1. The van der Waals surface area contributed by atoms with Crippen molar-refractivity contribution in [2.24, 2.45) is 5.92 Å². The van der Waals surface area contributed by atoms with E-state index in [-0.39, 0.29) is 0 Å². The second kappa shape index (κ2) is 8.48. The summed E-state index contributed by atoms with van der Waals surface area (Å²) in [6.07, 6.45) is 0.569. The van der Waals surface area contributed by atoms with E-state index in [0.717, 1.165) is 5.56 Å². The third-order valence-electron chi connectivity index (χ3n) is 3.28. The van der Waals surface area contributed by atoms with Gasteiger partial charge in [0.2, 0.25) is 5.75 Å². The molecule has 0 saturated carbocycles. The van der Waals surface area contributed by atoms with Crippen LogP contribution in [0.2, 0.25) is 0 Å². The minimum Gasteiger partial charge on any atom is -0.493 e. The lowest BCUT2D eigenvalue weighted by atomic mass is 10.0. The molecular weight excluding hydrogens is 286 g/mol. The molecule has 2 N–H and O–H groups in total. The maximum absolute atomic E-state index is 11.3. The van der Waals surface area contributed by atoms with Gasteiger partial charge in [-0.1, -0.05) is 13.8 Å². The van der Waals surface area contributed by atoms with E-state index in [1.807, 2.05) is 26.0 Å². The molecule has 0 saturated heterocycles. The van der Waals surface area contributed by atoms with Gasteiger partial charge in [0.1, 0.15) is 6.04 Å². The number of carboxylic acids is 1. The molecule has 6 heteroatoms. The van der Waals surface area contributed by atoms with Gasteiger partial charge in [0.05, 0.1) is 21.3 Å². The van der Waals surface area contributed by atoms with Crippen molar-refractivity contribution >= 4 is 5.97 Å². The van der Waals surface area contributed by atoms with Gasteiger partial charge in [-0.25, -0.2) is 0 Å². The van der Waals surface area contributed by atoms with Crippen LogP contribution < -0.4 is 19.5 Å². The zero-order chi connectivity index (χ0) is 16.7. The number of nitrogens with one attached hydrogen (secondary N) is 1. The van der Waals surface area contributed by atoms with Gasteiger partial charge in [-0.05, 0) is 30.0 Å². The molecule has 22 heavy (non-hydrogen) atoms. The highest BCUT2D eigenvalue weighted by Crippen LogP contribution is 2.38. The highest BCUT2D eigenvalue weighted by atomic mass is 16.5. The van der Waals surface area contributed by atoms with Gasteiger partial charge in [0, 0.05) is 6.54 Å². The van der Waals surface area contributed by atoms with E-state index < -0.39 is 12.0 Å². The summed E-state index contributed by atoms with van der Waals surface area (Å²) in [5.41, 5.74) is 0.865. The van der Waals surface area contributed by atoms with Gasteiger partial charge >= 0.3 is 5.97 Å². The maximum atomic E-state index is 11.3. The zero-order valence-corrected chi connectivity index (χ0v) is 13.8. The van der Waals surface area contributed by atoms with Crippen molar-refractivity contribution < 1.29 is 24.1 Å². The Morgan fingerprint density at radius 1 is 1.14 bits per heavy atom. The molecule has 0 bridgehead atoms. The Morgan fingerprint density at radius 3 is 2.05 bits per heavy atom. The molecule has 1 aromatic rings. The Morgan fingerprint density at radius 2 is 1.68 bits per heavy atom. The third kappa shape index (κ3) is 4.80. The number of carbonyl (C=O) groups is 1. The summed E-state index contributed by atoms with van der Waals surface area (Å²) in [5.74, 6) is 1.07. The summed E-state index contributed by atoms with van der Waals surface area (Å²) in [4.78, 5) is 11.3. The normalized spacial score (nSPS) is 12.1. The summed E-state index contributed by atoms with van der Waals surface area (Å²) in [7, 11) is 4.64. The summed E-state index contributed by atoms with van der Waals surface area (Å²) in [6, 6.07) is 3.03. The summed E-state index contributed by atoms with van der Waals surface area (Å²) >= 11 is 0. The first kappa shape index (κ1) is 18.1. The number of rotatable bonds is 9. The maximum Gasteiger partial charge on any atom is 0.320 e. The van der Waals surface area contributed by atoms with Crippen molar-refractivity contribution in [3.05, 3.63) is 17.7 Å². The van der Waals surface area contributed by atoms with Gasteiger partial charge in [-0.15, -0.1) is 0 Å². The minimum absolute atomic E-state index is 0.300. The molecule has 0 heterocycles. The fraction of sp³-hybridized carbons (Fsp3) is 0.562. The summed E-state index contributed by atoms with van der Waals surface area (Å²) in [6.45, 7) is 4.40. The zero-order valence-electron chi connectivity index (χ0n) is 13.8. The average molecular weight is 311 g/mol. The molecule has 0 aliphatic heterocycles. The molecule has 1 rings (SSSR count). The Balaban J connectivity index is 2.90. The molecule has 0 spiro atoms. The fourth-order valence-corrected chi connectivity index (χ4v) is 2.22. The first-order valence-electron chi connectivity index (χ1n) is 7.18. The van der Waals surface area contributed by atoms with Crippen LogP contribution in [0.3, 0.4) is 0 Å². The van der Waals surface area contributed by atoms with E-state index in [9.17, 15) is 9.90 Å². The molecule has 1 atom stereocenters. The Kier molecular flexibility index (Phi) is 6.98. The summed E-state index contributed by atoms with van der Waals surface area (Å²) < 4.78 is 15.8. The van der Waals surface area contributed by atoms with Crippen molar-refractivity contribution in [1.82, 2.24) is 5.32 Å². The van der Waals surface area contributed by atoms with Gasteiger partial charge in [-0.3, -0.25) is 4.79 Å². The average Bonchev–Trinajstić information content (AvgIpc) is 2.49. The van der Waals surface area contributed by atoms with E-state index in [4.69, 9.17) is 14.2 Å². The molecule has 0 radical (unpaired) electrons. The monoisotopic (exact) mass is 311 g/mol. The molecule has 6 nitrogen and oxygen atoms in total. The molecular formula is C16H25NO5. The number of methoxy groups -OCH3 is 3. The lowest BCUT2D eigenvalue weighted by molar-refractivity contribution is -0.140. The molecule has 0 aromatic heterocycles. The van der Waals surface area contributed by atoms with Gasteiger partial charge in [0.15, 0.2) is 11.5 Å². The van der Waals surface area contributed by atoms with Crippen LogP contribution in [0.25, 0.3) is 0 Å². The Bertz CT molecular complexity index is 476. The van der Waals surface area contributed by atoms with E-state index >= 15 is 0 Å². The highest BCUT2D eigenvalue weighted by molar-refractivity contribution is 5.73. The first-order valence-corrected chi connectivity index (χ1v) is 7.18. The molecule has 124 valence electrons. The van der Waals surface area contributed by atoms with E-state index in [0.29, 0.717) is 36.1 Å². The number of hydrogen-bond donors (Lipinski definition) is 2. The number of hydrogen-bond acceptors (Lipinski definition) is 5. The van der Waals surface area contributed by atoms with Crippen LogP contribution in [-0.2, 0) is 11.3 Å². The van der Waals surface area contributed by atoms with E-state index in [2.05, 4.69) is 5.32 Å². The van der Waals surface area contributed by atoms with Crippen LogP contribution in [0, 0.1) is 5.92 Å². The second-order valence-electron chi connectivity index (χ2n) is 5.43. The summed E-state index contributed by atoms with van der Waals surface area (Å²) in [5, 5.41) is 12.3. The number of aliphatic carboxylic acids is 1. The molecule has 0 aliphatic rings. The topological polar surface area (TPSA) is 77.0 Å². The minimum atomic E-state index is -0.846. The van der Waals surface area contributed by atoms with E-state index in [1.165, 1.54) is 0 Å². The standard InChI is InChI=1S/C16H25NO5/c1-10(2)6-12(16(18)19)17-9-11-7-13(20-3)15(22-5)14(8-11)21-4/h7-8,10,12,17H,6,9H2,1-5H3,(H,18,19). The highest BCUT2D eigenvalue weighted by Gasteiger charge is 2.19. The van der Waals surface area contributed by atoms with Crippen molar-refractivity contribution in [1.29, 1.82) is 0 Å². The smallest absolute Gasteiger partial charge is 0.320 e. The molecule has 0 amide bonds. The molecule has 0 aliphatic carbocycles. The lowest BCUT2D eigenvalue weighted by Gasteiger charge is -2.18. The van der Waals surface area contributed by atoms with Crippen LogP contribution in [0.5, 0.6) is 17.2 Å². The van der Waals surface area contributed by atoms with Crippen molar-refractivity contribution in [2.75, 3.05) is 21.3 Å². The first-order chi connectivity index (χ1) is 10.4. The third-order valence-corrected chi connectivity index (χ3v) is 3.28.